The van der Waals surface area contributed by atoms with Gasteiger partial charge in [0.1, 0.15) is 11.5 Å². The van der Waals surface area contributed by atoms with Crippen LogP contribution >= 0.6 is 23.4 Å². The summed E-state index contributed by atoms with van der Waals surface area (Å²) < 4.78 is 0. The largest absolute Gasteiger partial charge is 0.392 e. The minimum atomic E-state index is -0.630. The van der Waals surface area contributed by atoms with Crippen LogP contribution in [0.15, 0.2) is 40.6 Å². The molecule has 4 aromatic rings. The van der Waals surface area contributed by atoms with Crippen molar-refractivity contribution in [3.05, 3.63) is 41.3 Å². The first kappa shape index (κ1) is 24.7. The molecule has 1 saturated heterocycles. The van der Waals surface area contributed by atoms with E-state index >= 15 is 0 Å². The van der Waals surface area contributed by atoms with Gasteiger partial charge in [0.25, 0.3) is 0 Å². The smallest absolute Gasteiger partial charge is 0.226 e. The summed E-state index contributed by atoms with van der Waals surface area (Å²) in [6, 6.07) is 5.33. The summed E-state index contributed by atoms with van der Waals surface area (Å²) in [5.41, 5.74) is 9.48. The fraction of sp³-hybridized carbons (Fsp3) is 0.375. The van der Waals surface area contributed by atoms with Gasteiger partial charge >= 0.3 is 0 Å². The average molecular weight is 527 g/mol. The van der Waals surface area contributed by atoms with Crippen LogP contribution in [0.5, 0.6) is 0 Å². The van der Waals surface area contributed by atoms with Crippen LogP contribution in [-0.2, 0) is 11.2 Å². The molecule has 0 spiro atoms. The van der Waals surface area contributed by atoms with Crippen LogP contribution in [0, 0.1) is 5.92 Å². The monoisotopic (exact) mass is 526 g/mol. The molecule has 10 nitrogen and oxygen atoms in total. The van der Waals surface area contributed by atoms with Gasteiger partial charge in [0, 0.05) is 48.7 Å². The molecule has 0 aromatic carbocycles. The highest BCUT2D eigenvalue weighted by molar-refractivity contribution is 7.99. The first-order valence-electron chi connectivity index (χ1n) is 11.8. The van der Waals surface area contributed by atoms with Gasteiger partial charge in [-0.05, 0) is 43.3 Å². The van der Waals surface area contributed by atoms with Gasteiger partial charge in [-0.25, -0.2) is 9.97 Å². The summed E-state index contributed by atoms with van der Waals surface area (Å²) in [5, 5.41) is 14.1. The molecule has 0 bridgehead atoms. The van der Waals surface area contributed by atoms with Gasteiger partial charge < -0.3 is 26.0 Å². The Balaban J connectivity index is 1.50. The summed E-state index contributed by atoms with van der Waals surface area (Å²) in [5.74, 6) is 0.00976. The number of nitrogens with zero attached hydrogens (tertiary/aromatic N) is 5. The molecule has 1 aliphatic heterocycles. The summed E-state index contributed by atoms with van der Waals surface area (Å²) in [6.45, 7) is 4.64. The number of H-pyrrole nitrogens is 1. The van der Waals surface area contributed by atoms with Gasteiger partial charge in [-0.15, -0.1) is 0 Å². The third-order valence-electron chi connectivity index (χ3n) is 6.19. The minimum absolute atomic E-state index is 0.179. The summed E-state index contributed by atoms with van der Waals surface area (Å²) >= 11 is 8.12. The van der Waals surface area contributed by atoms with Crippen LogP contribution in [-0.4, -0.2) is 67.7 Å². The van der Waals surface area contributed by atoms with Crippen molar-refractivity contribution in [3.8, 4) is 0 Å². The number of carbonyl (C=O) groups excluding carboxylic acids is 1. The molecule has 1 amide bonds. The number of amides is 1. The van der Waals surface area contributed by atoms with Crippen LogP contribution in [0.2, 0.25) is 5.02 Å². The van der Waals surface area contributed by atoms with Crippen LogP contribution in [0.1, 0.15) is 19.5 Å². The molecular weight excluding hydrogens is 500 g/mol. The van der Waals surface area contributed by atoms with E-state index in [1.165, 1.54) is 11.8 Å². The first-order chi connectivity index (χ1) is 17.3. The van der Waals surface area contributed by atoms with E-state index in [-0.39, 0.29) is 18.5 Å². The van der Waals surface area contributed by atoms with E-state index in [1.54, 1.807) is 19.3 Å². The van der Waals surface area contributed by atoms with Crippen molar-refractivity contribution < 1.29 is 9.90 Å². The van der Waals surface area contributed by atoms with Gasteiger partial charge in [0.2, 0.25) is 5.91 Å². The van der Waals surface area contributed by atoms with Crippen LogP contribution in [0.25, 0.3) is 22.1 Å². The zero-order chi connectivity index (χ0) is 25.4. The van der Waals surface area contributed by atoms with Crippen molar-refractivity contribution >= 4 is 57.2 Å². The van der Waals surface area contributed by atoms with Gasteiger partial charge in [0.15, 0.2) is 5.16 Å². The Morgan fingerprint density at radius 2 is 2.19 bits per heavy atom. The number of aromatic amines is 1. The Morgan fingerprint density at radius 1 is 1.36 bits per heavy atom. The van der Waals surface area contributed by atoms with Crippen molar-refractivity contribution in [2.24, 2.45) is 11.7 Å². The molecule has 36 heavy (non-hydrogen) atoms. The first-order valence-corrected chi connectivity index (χ1v) is 13.0. The molecule has 5 N–H and O–H groups in total. The predicted molar refractivity (Wildman–Crippen MR) is 140 cm³/mol. The lowest BCUT2D eigenvalue weighted by molar-refractivity contribution is -0.125. The van der Waals surface area contributed by atoms with Gasteiger partial charge in [0.05, 0.1) is 33.5 Å². The Bertz CT molecular complexity index is 1430. The maximum absolute atomic E-state index is 12.7. The number of nitrogens with two attached hydrogens (primary N) is 1. The molecule has 4 aromatic heterocycles. The fourth-order valence-electron chi connectivity index (χ4n) is 4.34. The number of anilines is 1. The molecule has 1 fully saturated rings. The number of fused-ring (bicyclic) bond motifs is 2. The molecule has 5 heterocycles. The molecule has 12 heteroatoms. The van der Waals surface area contributed by atoms with Crippen molar-refractivity contribution in [3.63, 3.8) is 0 Å². The third-order valence-corrected chi connectivity index (χ3v) is 7.43. The van der Waals surface area contributed by atoms with E-state index in [4.69, 9.17) is 27.3 Å². The van der Waals surface area contributed by atoms with Crippen LogP contribution < -0.4 is 16.0 Å². The van der Waals surface area contributed by atoms with Crippen molar-refractivity contribution in [1.82, 2.24) is 30.2 Å². The third kappa shape index (κ3) is 4.83. The molecule has 1 aliphatic rings. The number of halogens is 1. The number of hydrogen-bond donors (Lipinski definition) is 4. The molecular formula is C24H27ClN8O2S. The van der Waals surface area contributed by atoms with E-state index in [1.807, 2.05) is 30.0 Å². The predicted octanol–water partition coefficient (Wildman–Crippen LogP) is 2.53. The summed E-state index contributed by atoms with van der Waals surface area (Å²) in [6.07, 6.45) is 3.59. The quantitative estimate of drug-likeness (QED) is 0.267. The minimum Gasteiger partial charge on any atom is -0.392 e. The van der Waals surface area contributed by atoms with E-state index in [9.17, 15) is 9.90 Å². The molecule has 3 atom stereocenters. The Kier molecular flexibility index (Phi) is 6.98. The van der Waals surface area contributed by atoms with Gasteiger partial charge in [-0.3, -0.25) is 14.8 Å². The molecule has 188 valence electrons. The van der Waals surface area contributed by atoms with E-state index < -0.39 is 12.0 Å². The molecule has 0 saturated carbocycles. The molecule has 2 unspecified atom stereocenters. The highest BCUT2D eigenvalue weighted by Gasteiger charge is 2.37. The zero-order valence-electron chi connectivity index (χ0n) is 19.9. The maximum Gasteiger partial charge on any atom is 0.226 e. The van der Waals surface area contributed by atoms with Gasteiger partial charge in [-0.2, -0.15) is 0 Å². The average Bonchev–Trinajstić information content (AvgIpc) is 3.41. The SMILES string of the molecule is CCc1[nH]c2nc(Sc3cnc4cccnc4c3)nc(N3CC(N)[C@H](C(=O)NCC(C)O)C3)c2c1Cl. The molecule has 5 rings (SSSR count). The van der Waals surface area contributed by atoms with Crippen LogP contribution in [0.4, 0.5) is 5.82 Å². The number of hydrogen-bond acceptors (Lipinski definition) is 9. The lowest BCUT2D eigenvalue weighted by atomic mass is 10.0. The number of nitrogens with one attached hydrogen (secondary N) is 2. The summed E-state index contributed by atoms with van der Waals surface area (Å²) in [7, 11) is 0. The van der Waals surface area contributed by atoms with Crippen molar-refractivity contribution in [1.29, 1.82) is 0 Å². The Labute approximate surface area is 217 Å². The fourth-order valence-corrected chi connectivity index (χ4v) is 5.45. The van der Waals surface area contributed by atoms with Crippen LogP contribution in [0.3, 0.4) is 0 Å². The van der Waals surface area contributed by atoms with Crippen molar-refractivity contribution in [2.45, 2.75) is 42.5 Å². The lowest BCUT2D eigenvalue weighted by Gasteiger charge is -2.19. The second kappa shape index (κ2) is 10.2. The zero-order valence-corrected chi connectivity index (χ0v) is 21.5. The Hall–Kier alpha value is -2.99. The maximum atomic E-state index is 12.7. The number of aromatic nitrogens is 5. The number of aryl methyl sites for hydroxylation is 1. The molecule has 0 aliphatic carbocycles. The highest BCUT2D eigenvalue weighted by atomic mass is 35.5. The Morgan fingerprint density at radius 3 is 2.97 bits per heavy atom. The second-order valence-electron chi connectivity index (χ2n) is 8.91. The van der Waals surface area contributed by atoms with Gasteiger partial charge in [-0.1, -0.05) is 18.5 Å². The lowest BCUT2D eigenvalue weighted by Crippen LogP contribution is -2.42. The number of aliphatic hydroxyl groups is 1. The highest BCUT2D eigenvalue weighted by Crippen LogP contribution is 2.38. The second-order valence-corrected chi connectivity index (χ2v) is 10.3. The number of pyridine rings is 2. The standard InChI is InChI=1S/C24H27ClN8O2S/c1-3-16-20(25)19-21(30-16)31-24(36-13-7-18-17(28-9-13)5-4-6-27-18)32-22(19)33-10-14(15(26)11-33)23(35)29-8-12(2)34/h4-7,9,12,14-15,34H,3,8,10-11,26H2,1-2H3,(H,29,35)(H,30,31,32)/t12?,14-,15?/m1/s1. The summed E-state index contributed by atoms with van der Waals surface area (Å²) in [4.78, 5) is 37.4. The molecule has 0 radical (unpaired) electrons. The number of rotatable bonds is 7. The van der Waals surface area contributed by atoms with E-state index in [2.05, 4.69) is 20.3 Å². The van der Waals surface area contributed by atoms with Crippen molar-refractivity contribution in [2.75, 3.05) is 24.5 Å². The normalized spacial score (nSPS) is 18.8. The number of aliphatic hydroxyl groups excluding tert-OH is 1. The number of carbonyl (C=O) groups is 1. The van der Waals surface area contributed by atoms with E-state index in [0.29, 0.717) is 46.5 Å². The topological polar surface area (TPSA) is 146 Å². The van der Waals surface area contributed by atoms with E-state index in [0.717, 1.165) is 21.6 Å².